The van der Waals surface area contributed by atoms with E-state index in [1.807, 2.05) is 4.90 Å². The van der Waals surface area contributed by atoms with Crippen LogP contribution in [0.1, 0.15) is 25.3 Å². The lowest BCUT2D eigenvalue weighted by Crippen LogP contribution is -2.53. The van der Waals surface area contributed by atoms with E-state index in [0.717, 1.165) is 31.6 Å². The zero-order valence-electron chi connectivity index (χ0n) is 11.8. The minimum atomic E-state index is -0.136. The summed E-state index contributed by atoms with van der Waals surface area (Å²) >= 11 is 0. The maximum absolute atomic E-state index is 12.3. The predicted molar refractivity (Wildman–Crippen MR) is 76.8 cm³/mol. The first-order chi connectivity index (χ1) is 9.61. The van der Waals surface area contributed by atoms with Crippen molar-refractivity contribution < 1.29 is 15.0 Å². The van der Waals surface area contributed by atoms with E-state index in [0.29, 0.717) is 12.8 Å². The number of hydrogen-bond donors (Lipinski definition) is 3. The molecule has 1 amide bonds. The number of phenolic OH excluding ortho intramolecular Hbond substituents is 2. The summed E-state index contributed by atoms with van der Waals surface area (Å²) in [5.74, 6) is -0.109. The molecule has 1 fully saturated rings. The molecule has 5 nitrogen and oxygen atoms in total. The van der Waals surface area contributed by atoms with Crippen LogP contribution in [-0.4, -0.2) is 46.7 Å². The average Bonchev–Trinajstić information content (AvgIpc) is 2.48. The highest BCUT2D eigenvalue weighted by Crippen LogP contribution is 2.25. The van der Waals surface area contributed by atoms with Crippen molar-refractivity contribution in [2.24, 2.45) is 0 Å². The molecule has 5 heteroatoms. The normalized spacial score (nSPS) is 19.1. The summed E-state index contributed by atoms with van der Waals surface area (Å²) in [4.78, 5) is 14.2. The maximum atomic E-state index is 12.3. The fourth-order valence-electron chi connectivity index (χ4n) is 2.57. The smallest absolute Gasteiger partial charge is 0.223 e. The van der Waals surface area contributed by atoms with E-state index >= 15 is 0 Å². The number of rotatable bonds is 4. The van der Waals surface area contributed by atoms with Crippen LogP contribution in [0.2, 0.25) is 0 Å². The molecule has 2 rings (SSSR count). The topological polar surface area (TPSA) is 72.8 Å². The Morgan fingerprint density at radius 1 is 1.40 bits per heavy atom. The molecule has 1 aromatic rings. The van der Waals surface area contributed by atoms with Crippen LogP contribution in [0.25, 0.3) is 0 Å². The highest BCUT2D eigenvalue weighted by molar-refractivity contribution is 5.77. The van der Waals surface area contributed by atoms with Crippen molar-refractivity contribution in [2.75, 3.05) is 19.6 Å². The minimum Gasteiger partial charge on any atom is -0.504 e. The fourth-order valence-corrected chi connectivity index (χ4v) is 2.57. The van der Waals surface area contributed by atoms with Crippen LogP contribution in [0, 0.1) is 0 Å². The zero-order valence-corrected chi connectivity index (χ0v) is 11.8. The number of benzene rings is 1. The van der Waals surface area contributed by atoms with Gasteiger partial charge in [-0.3, -0.25) is 4.79 Å². The van der Waals surface area contributed by atoms with Crippen molar-refractivity contribution >= 4 is 5.91 Å². The molecule has 0 aromatic heterocycles. The third kappa shape index (κ3) is 3.42. The first-order valence-corrected chi connectivity index (χ1v) is 7.13. The zero-order chi connectivity index (χ0) is 14.5. The summed E-state index contributed by atoms with van der Waals surface area (Å²) in [6.45, 7) is 4.57. The van der Waals surface area contributed by atoms with Gasteiger partial charge in [0.2, 0.25) is 5.91 Å². The number of carbonyl (C=O) groups is 1. The summed E-state index contributed by atoms with van der Waals surface area (Å²) in [6, 6.07) is 4.98. The summed E-state index contributed by atoms with van der Waals surface area (Å²) in [6.07, 6.45) is 1.96. The van der Waals surface area contributed by atoms with Crippen LogP contribution < -0.4 is 5.32 Å². The maximum Gasteiger partial charge on any atom is 0.223 e. The van der Waals surface area contributed by atoms with E-state index < -0.39 is 0 Å². The molecule has 0 bridgehead atoms. The molecule has 1 unspecified atom stereocenters. The van der Waals surface area contributed by atoms with E-state index in [4.69, 9.17) is 0 Å². The van der Waals surface area contributed by atoms with Gasteiger partial charge in [0.05, 0.1) is 0 Å². The van der Waals surface area contributed by atoms with Crippen LogP contribution in [0.5, 0.6) is 11.5 Å². The molecular formula is C15H22N2O3. The van der Waals surface area contributed by atoms with Gasteiger partial charge in [-0.15, -0.1) is 0 Å². The lowest BCUT2D eigenvalue weighted by Gasteiger charge is -2.35. The van der Waals surface area contributed by atoms with Gasteiger partial charge in [-0.25, -0.2) is 0 Å². The number of hydrogen-bond acceptors (Lipinski definition) is 4. The van der Waals surface area contributed by atoms with Crippen molar-refractivity contribution in [3.8, 4) is 11.5 Å². The summed E-state index contributed by atoms with van der Waals surface area (Å²) in [7, 11) is 0. The van der Waals surface area contributed by atoms with E-state index in [2.05, 4.69) is 12.2 Å². The molecule has 110 valence electrons. The molecule has 20 heavy (non-hydrogen) atoms. The Kier molecular flexibility index (Phi) is 4.84. The van der Waals surface area contributed by atoms with Gasteiger partial charge in [0.15, 0.2) is 11.5 Å². The molecule has 1 heterocycles. The van der Waals surface area contributed by atoms with Crippen molar-refractivity contribution in [2.45, 2.75) is 32.2 Å². The van der Waals surface area contributed by atoms with Crippen molar-refractivity contribution in [3.05, 3.63) is 23.8 Å². The highest BCUT2D eigenvalue weighted by Gasteiger charge is 2.24. The monoisotopic (exact) mass is 278 g/mol. The largest absolute Gasteiger partial charge is 0.504 e. The summed E-state index contributed by atoms with van der Waals surface area (Å²) in [5, 5.41) is 22.0. The average molecular weight is 278 g/mol. The molecule has 0 aliphatic carbocycles. The molecule has 1 atom stereocenters. The molecule has 3 N–H and O–H groups in total. The van der Waals surface area contributed by atoms with Gasteiger partial charge in [0, 0.05) is 32.1 Å². The fraction of sp³-hybridized carbons (Fsp3) is 0.533. The third-order valence-electron chi connectivity index (χ3n) is 3.81. The van der Waals surface area contributed by atoms with E-state index in [9.17, 15) is 15.0 Å². The van der Waals surface area contributed by atoms with Gasteiger partial charge in [-0.1, -0.05) is 13.0 Å². The first kappa shape index (κ1) is 14.7. The lowest BCUT2D eigenvalue weighted by molar-refractivity contribution is -0.134. The number of piperazine rings is 1. The van der Waals surface area contributed by atoms with Crippen molar-refractivity contribution in [1.82, 2.24) is 10.2 Å². The van der Waals surface area contributed by atoms with E-state index in [1.165, 1.54) is 12.1 Å². The van der Waals surface area contributed by atoms with Crippen LogP contribution in [0.15, 0.2) is 18.2 Å². The van der Waals surface area contributed by atoms with Crippen LogP contribution in [0.3, 0.4) is 0 Å². The standard InChI is InChI=1S/C15H22N2O3/c1-2-12-10-16-7-8-17(12)15(20)6-4-11-3-5-13(18)14(19)9-11/h3,5,9,12,16,18-19H,2,4,6-8,10H2,1H3. The quantitative estimate of drug-likeness (QED) is 0.725. The Labute approximate surface area is 119 Å². The van der Waals surface area contributed by atoms with Gasteiger partial charge < -0.3 is 20.4 Å². The molecule has 0 radical (unpaired) electrons. The Morgan fingerprint density at radius 3 is 2.90 bits per heavy atom. The number of aromatic hydroxyl groups is 2. The number of carbonyl (C=O) groups excluding carboxylic acids is 1. The Balaban J connectivity index is 1.92. The van der Waals surface area contributed by atoms with E-state index in [1.54, 1.807) is 6.07 Å². The van der Waals surface area contributed by atoms with Crippen LogP contribution >= 0.6 is 0 Å². The number of nitrogens with one attached hydrogen (secondary N) is 1. The van der Waals surface area contributed by atoms with Crippen molar-refractivity contribution in [3.63, 3.8) is 0 Å². The molecule has 1 aliphatic rings. The highest BCUT2D eigenvalue weighted by atomic mass is 16.3. The molecule has 1 aromatic carbocycles. The second-order valence-electron chi connectivity index (χ2n) is 5.18. The van der Waals surface area contributed by atoms with Gasteiger partial charge in [0.25, 0.3) is 0 Å². The first-order valence-electron chi connectivity index (χ1n) is 7.13. The number of aryl methyl sites for hydroxylation is 1. The number of amides is 1. The Bertz CT molecular complexity index is 476. The number of phenols is 2. The molecular weight excluding hydrogens is 256 g/mol. The van der Waals surface area contributed by atoms with Crippen LogP contribution in [0.4, 0.5) is 0 Å². The van der Waals surface area contributed by atoms with Gasteiger partial charge in [-0.2, -0.15) is 0 Å². The van der Waals surface area contributed by atoms with Gasteiger partial charge in [0.1, 0.15) is 0 Å². The van der Waals surface area contributed by atoms with Crippen LogP contribution in [-0.2, 0) is 11.2 Å². The second kappa shape index (κ2) is 6.61. The van der Waals surface area contributed by atoms with Gasteiger partial charge >= 0.3 is 0 Å². The SMILES string of the molecule is CCC1CNCCN1C(=O)CCc1ccc(O)c(O)c1. The number of nitrogens with zero attached hydrogens (tertiary/aromatic N) is 1. The molecule has 0 spiro atoms. The Hall–Kier alpha value is -1.75. The molecule has 1 aliphatic heterocycles. The van der Waals surface area contributed by atoms with E-state index in [-0.39, 0.29) is 23.4 Å². The Morgan fingerprint density at radius 2 is 2.20 bits per heavy atom. The third-order valence-corrected chi connectivity index (χ3v) is 3.81. The van der Waals surface area contributed by atoms with Crippen molar-refractivity contribution in [1.29, 1.82) is 0 Å². The molecule has 0 saturated carbocycles. The van der Waals surface area contributed by atoms with Gasteiger partial charge in [-0.05, 0) is 30.5 Å². The second-order valence-corrected chi connectivity index (χ2v) is 5.18. The minimum absolute atomic E-state index is 0.131. The molecule has 1 saturated heterocycles. The predicted octanol–water partition coefficient (Wildman–Crippen LogP) is 1.24. The summed E-state index contributed by atoms with van der Waals surface area (Å²) in [5.41, 5.74) is 0.858. The summed E-state index contributed by atoms with van der Waals surface area (Å²) < 4.78 is 0. The lowest BCUT2D eigenvalue weighted by atomic mass is 10.1.